The van der Waals surface area contributed by atoms with Gasteiger partial charge >= 0.3 is 0 Å². The number of ether oxygens (including phenoxy) is 1. The van der Waals surface area contributed by atoms with E-state index in [1.54, 1.807) is 24.3 Å². The third-order valence-corrected chi connectivity index (χ3v) is 2.79. The van der Waals surface area contributed by atoms with Gasteiger partial charge in [0.1, 0.15) is 11.4 Å². The predicted molar refractivity (Wildman–Crippen MR) is 59.0 cm³/mol. The lowest BCUT2D eigenvalue weighted by Gasteiger charge is -2.36. The summed E-state index contributed by atoms with van der Waals surface area (Å²) in [5.41, 5.74) is -2.08. The molecule has 0 fully saturated rings. The number of carbonyl (C=O) groups excluding carboxylic acids is 1. The van der Waals surface area contributed by atoms with Gasteiger partial charge in [0.15, 0.2) is 0 Å². The van der Waals surface area contributed by atoms with Gasteiger partial charge in [-0.2, -0.15) is 0 Å². The highest BCUT2D eigenvalue weighted by Crippen LogP contribution is 2.32. The first-order valence-electron chi connectivity index (χ1n) is 4.94. The van der Waals surface area contributed by atoms with Gasteiger partial charge in [0.05, 0.1) is 5.60 Å². The molecule has 4 heteroatoms. The van der Waals surface area contributed by atoms with Gasteiger partial charge in [0.2, 0.25) is 0 Å². The minimum atomic E-state index is -1.37. The van der Waals surface area contributed by atoms with Crippen LogP contribution in [0.1, 0.15) is 26.3 Å². The molecule has 1 atom stereocenters. The van der Waals surface area contributed by atoms with Crippen LogP contribution in [0.25, 0.3) is 0 Å². The van der Waals surface area contributed by atoms with Crippen molar-refractivity contribution in [2.75, 3.05) is 0 Å². The summed E-state index contributed by atoms with van der Waals surface area (Å²) in [4.78, 5) is 10.1. The second kappa shape index (κ2) is 4.23. The number of hydrogen-bond acceptors (Lipinski definition) is 4. The van der Waals surface area contributed by atoms with Crippen LogP contribution < -0.4 is 4.74 Å². The first-order valence-corrected chi connectivity index (χ1v) is 4.94. The summed E-state index contributed by atoms with van der Waals surface area (Å²) < 4.78 is 4.63. The summed E-state index contributed by atoms with van der Waals surface area (Å²) in [5.74, 6) is 0.394. The lowest BCUT2D eigenvalue weighted by atomic mass is 9.81. The van der Waals surface area contributed by atoms with Gasteiger partial charge < -0.3 is 14.9 Å². The van der Waals surface area contributed by atoms with Crippen molar-refractivity contribution in [3.05, 3.63) is 29.8 Å². The summed E-state index contributed by atoms with van der Waals surface area (Å²) in [6.07, 6.45) is 0. The largest absolute Gasteiger partial charge is 0.429 e. The van der Waals surface area contributed by atoms with E-state index in [4.69, 9.17) is 0 Å². The van der Waals surface area contributed by atoms with Gasteiger partial charge in [-0.1, -0.05) is 12.1 Å². The number of rotatable bonds is 4. The molecule has 0 saturated heterocycles. The molecule has 0 heterocycles. The van der Waals surface area contributed by atoms with E-state index in [-0.39, 0.29) is 0 Å². The van der Waals surface area contributed by atoms with E-state index in [9.17, 15) is 15.0 Å². The van der Waals surface area contributed by atoms with E-state index in [1.807, 2.05) is 0 Å². The second-order valence-electron chi connectivity index (χ2n) is 4.37. The number of hydrogen-bond donors (Lipinski definition) is 2. The highest BCUT2D eigenvalue weighted by Gasteiger charge is 2.39. The Morgan fingerprint density at radius 3 is 2.00 bits per heavy atom. The average Bonchev–Trinajstić information content (AvgIpc) is 2.17. The Kier molecular flexibility index (Phi) is 3.35. The quantitative estimate of drug-likeness (QED) is 0.754. The van der Waals surface area contributed by atoms with Crippen LogP contribution in [0, 0.1) is 0 Å². The van der Waals surface area contributed by atoms with Crippen molar-refractivity contribution < 1.29 is 19.7 Å². The van der Waals surface area contributed by atoms with Crippen LogP contribution in [0.4, 0.5) is 0 Å². The van der Waals surface area contributed by atoms with Gasteiger partial charge in [0.25, 0.3) is 6.47 Å². The number of benzene rings is 1. The molecular weight excluding hydrogens is 208 g/mol. The first kappa shape index (κ1) is 12.7. The van der Waals surface area contributed by atoms with Crippen molar-refractivity contribution in [2.24, 2.45) is 0 Å². The summed E-state index contributed by atoms with van der Waals surface area (Å²) in [6, 6.07) is 6.33. The summed E-state index contributed by atoms with van der Waals surface area (Å²) in [6.45, 7) is 4.93. The van der Waals surface area contributed by atoms with E-state index >= 15 is 0 Å². The van der Waals surface area contributed by atoms with Crippen molar-refractivity contribution in [1.82, 2.24) is 0 Å². The molecule has 0 aliphatic heterocycles. The van der Waals surface area contributed by atoms with Crippen LogP contribution in [-0.2, 0) is 10.4 Å². The van der Waals surface area contributed by atoms with E-state index < -0.39 is 11.2 Å². The molecule has 1 aromatic rings. The standard InChI is InChI=1S/C12H16O4/c1-11(2,14)12(3,15)9-4-6-10(7-5-9)16-8-13/h4-8,14-15H,1-3H3. The van der Waals surface area contributed by atoms with E-state index in [2.05, 4.69) is 4.74 Å². The Morgan fingerprint density at radius 1 is 1.12 bits per heavy atom. The molecule has 0 aromatic heterocycles. The molecule has 0 saturated carbocycles. The Balaban J connectivity index is 3.01. The van der Waals surface area contributed by atoms with Crippen LogP contribution in [0.3, 0.4) is 0 Å². The molecule has 0 aliphatic carbocycles. The zero-order valence-electron chi connectivity index (χ0n) is 9.60. The van der Waals surface area contributed by atoms with Crippen molar-refractivity contribution in [2.45, 2.75) is 32.0 Å². The summed E-state index contributed by atoms with van der Waals surface area (Å²) >= 11 is 0. The summed E-state index contributed by atoms with van der Waals surface area (Å²) in [7, 11) is 0. The van der Waals surface area contributed by atoms with Crippen LogP contribution in [0.2, 0.25) is 0 Å². The normalized spacial score (nSPS) is 15.3. The maximum atomic E-state index is 10.2. The molecule has 0 amide bonds. The van der Waals surface area contributed by atoms with Crippen molar-refractivity contribution in [1.29, 1.82) is 0 Å². The fraction of sp³-hybridized carbons (Fsp3) is 0.417. The molecule has 1 unspecified atom stereocenters. The third kappa shape index (κ3) is 2.40. The molecule has 0 radical (unpaired) electrons. The van der Waals surface area contributed by atoms with Crippen LogP contribution in [0.15, 0.2) is 24.3 Å². The smallest absolute Gasteiger partial charge is 0.298 e. The maximum absolute atomic E-state index is 10.2. The van der Waals surface area contributed by atoms with E-state index in [0.717, 1.165) is 0 Å². The zero-order chi connectivity index (χ0) is 12.4. The van der Waals surface area contributed by atoms with Crippen molar-refractivity contribution >= 4 is 6.47 Å². The van der Waals surface area contributed by atoms with Gasteiger partial charge in [-0.05, 0) is 38.5 Å². The Morgan fingerprint density at radius 2 is 1.62 bits per heavy atom. The van der Waals surface area contributed by atoms with Crippen molar-refractivity contribution in [3.8, 4) is 5.75 Å². The average molecular weight is 224 g/mol. The fourth-order valence-corrected chi connectivity index (χ4v) is 1.27. The third-order valence-electron chi connectivity index (χ3n) is 2.79. The molecule has 16 heavy (non-hydrogen) atoms. The highest BCUT2D eigenvalue weighted by atomic mass is 16.5. The van der Waals surface area contributed by atoms with E-state index in [0.29, 0.717) is 17.8 Å². The maximum Gasteiger partial charge on any atom is 0.298 e. The van der Waals surface area contributed by atoms with Gasteiger partial charge in [0, 0.05) is 0 Å². The first-order chi connectivity index (χ1) is 7.29. The Bertz CT molecular complexity index is 360. The monoisotopic (exact) mass is 224 g/mol. The van der Waals surface area contributed by atoms with Gasteiger partial charge in [-0.25, -0.2) is 0 Å². The lowest BCUT2D eigenvalue weighted by molar-refractivity contribution is -0.125. The summed E-state index contributed by atoms with van der Waals surface area (Å²) in [5, 5.41) is 20.0. The highest BCUT2D eigenvalue weighted by molar-refractivity contribution is 5.45. The second-order valence-corrected chi connectivity index (χ2v) is 4.37. The predicted octanol–water partition coefficient (Wildman–Crippen LogP) is 1.20. The molecule has 1 rings (SSSR count). The fourth-order valence-electron chi connectivity index (χ4n) is 1.27. The van der Waals surface area contributed by atoms with E-state index in [1.165, 1.54) is 20.8 Å². The molecule has 4 nitrogen and oxygen atoms in total. The molecule has 0 bridgehead atoms. The molecular formula is C12H16O4. The lowest BCUT2D eigenvalue weighted by Crippen LogP contribution is -2.44. The molecule has 88 valence electrons. The number of carbonyl (C=O) groups is 1. The molecule has 0 spiro atoms. The van der Waals surface area contributed by atoms with Crippen LogP contribution in [0.5, 0.6) is 5.75 Å². The molecule has 2 N–H and O–H groups in total. The topological polar surface area (TPSA) is 66.8 Å². The Hall–Kier alpha value is -1.39. The van der Waals surface area contributed by atoms with Crippen LogP contribution >= 0.6 is 0 Å². The van der Waals surface area contributed by atoms with Gasteiger partial charge in [-0.15, -0.1) is 0 Å². The minimum Gasteiger partial charge on any atom is -0.429 e. The Labute approximate surface area is 94.5 Å². The van der Waals surface area contributed by atoms with Crippen molar-refractivity contribution in [3.63, 3.8) is 0 Å². The van der Waals surface area contributed by atoms with Crippen LogP contribution in [-0.4, -0.2) is 22.3 Å². The zero-order valence-corrected chi connectivity index (χ0v) is 9.60. The SMILES string of the molecule is CC(C)(O)C(C)(O)c1ccc(OC=O)cc1. The number of aliphatic hydroxyl groups is 2. The van der Waals surface area contributed by atoms with Gasteiger partial charge in [-0.3, -0.25) is 4.79 Å². The molecule has 1 aromatic carbocycles. The molecule has 0 aliphatic rings. The minimum absolute atomic E-state index is 0.336.